The number of imidazole rings is 1. The van der Waals surface area contributed by atoms with Crippen LogP contribution in [-0.4, -0.2) is 29.5 Å². The predicted octanol–water partition coefficient (Wildman–Crippen LogP) is 5.37. The van der Waals surface area contributed by atoms with Gasteiger partial charge >= 0.3 is 0 Å². The predicted molar refractivity (Wildman–Crippen MR) is 149 cm³/mol. The molecule has 0 amide bonds. The number of aryl methyl sites for hydroxylation is 1. The third-order valence-electron chi connectivity index (χ3n) is 5.99. The van der Waals surface area contributed by atoms with E-state index in [2.05, 4.69) is 35.0 Å². The Bertz CT molecular complexity index is 1870. The molecule has 6 N–H and O–H groups in total. The zero-order valence-corrected chi connectivity index (χ0v) is 21.2. The maximum Gasteiger partial charge on any atom is 0.173 e. The molecule has 0 bridgehead atoms. The van der Waals surface area contributed by atoms with Crippen LogP contribution in [0.25, 0.3) is 27.9 Å². The lowest BCUT2D eigenvalue weighted by Gasteiger charge is -2.14. The van der Waals surface area contributed by atoms with Gasteiger partial charge in [0.15, 0.2) is 11.6 Å². The van der Waals surface area contributed by atoms with Gasteiger partial charge in [-0.15, -0.1) is 0 Å². The Morgan fingerprint density at radius 1 is 0.897 bits per heavy atom. The maximum atomic E-state index is 15.5. The molecule has 0 aliphatic carbocycles. The number of anilines is 5. The fraction of sp³-hybridized carbons (Fsp3) is 0.0385. The highest BCUT2D eigenvalue weighted by molar-refractivity contribution is 8.00. The highest BCUT2D eigenvalue weighted by Crippen LogP contribution is 2.33. The quantitative estimate of drug-likeness (QED) is 0.160. The van der Waals surface area contributed by atoms with E-state index in [0.717, 1.165) is 28.4 Å². The summed E-state index contributed by atoms with van der Waals surface area (Å²) in [5, 5.41) is 2.77. The Morgan fingerprint density at radius 3 is 2.62 bits per heavy atom. The monoisotopic (exact) mass is 542 g/mol. The summed E-state index contributed by atoms with van der Waals surface area (Å²) in [5.41, 5.74) is 14.8. The number of benzene rings is 2. The second-order valence-corrected chi connectivity index (χ2v) is 9.37. The lowest BCUT2D eigenvalue weighted by molar-refractivity contribution is 0.593. The van der Waals surface area contributed by atoms with Crippen molar-refractivity contribution in [3.05, 3.63) is 84.6 Å². The van der Waals surface area contributed by atoms with Crippen LogP contribution in [0.2, 0.25) is 0 Å². The summed E-state index contributed by atoms with van der Waals surface area (Å²) in [6.07, 6.45) is 2.90. The summed E-state index contributed by atoms with van der Waals surface area (Å²) in [7, 11) is 0. The molecule has 2 aromatic carbocycles. The Labute approximate surface area is 224 Å². The summed E-state index contributed by atoms with van der Waals surface area (Å²) >= 11 is 1.13. The van der Waals surface area contributed by atoms with E-state index >= 15 is 4.39 Å². The van der Waals surface area contributed by atoms with Gasteiger partial charge in [-0.05, 0) is 67.4 Å². The number of nitrogen functional groups attached to an aromatic ring is 2. The molecule has 0 saturated heterocycles. The third-order valence-corrected chi connectivity index (χ3v) is 6.96. The number of nitrogens with one attached hydrogen (secondary N) is 2. The fourth-order valence-electron chi connectivity index (χ4n) is 4.05. The first kappa shape index (κ1) is 24.3. The smallest absolute Gasteiger partial charge is 0.173 e. The molecule has 0 fully saturated rings. The van der Waals surface area contributed by atoms with E-state index in [4.69, 9.17) is 11.5 Å². The van der Waals surface area contributed by atoms with Gasteiger partial charge in [0.25, 0.3) is 0 Å². The zero-order valence-electron chi connectivity index (χ0n) is 20.4. The molecular formula is C26H20F2N10S. The van der Waals surface area contributed by atoms with E-state index in [1.807, 2.05) is 12.1 Å². The maximum absolute atomic E-state index is 15.5. The lowest BCUT2D eigenvalue weighted by atomic mass is 10.2. The van der Waals surface area contributed by atoms with Crippen LogP contribution in [0.1, 0.15) is 5.69 Å². The lowest BCUT2D eigenvalue weighted by Crippen LogP contribution is -2.05. The number of nitrogens with two attached hydrogens (primary N) is 2. The molecule has 0 atom stereocenters. The SMILES string of the molecule is Cc1nc(N)ccc1SNc1ccc(F)c(Nc2ncnc3ccc(-n4cnc5c(N)cccc54)nc23)c1F. The van der Waals surface area contributed by atoms with Crippen LogP contribution >= 0.6 is 11.9 Å². The summed E-state index contributed by atoms with van der Waals surface area (Å²) in [6, 6.07) is 14.9. The summed E-state index contributed by atoms with van der Waals surface area (Å²) in [5.74, 6) is -0.605. The number of hydrogen-bond donors (Lipinski definition) is 4. The van der Waals surface area contributed by atoms with E-state index in [0.29, 0.717) is 39.6 Å². The Morgan fingerprint density at radius 2 is 1.77 bits per heavy atom. The molecule has 4 heterocycles. The van der Waals surface area contributed by atoms with E-state index < -0.39 is 11.6 Å². The van der Waals surface area contributed by atoms with Crippen LogP contribution in [0, 0.1) is 18.6 Å². The average molecular weight is 543 g/mol. The molecule has 39 heavy (non-hydrogen) atoms. The van der Waals surface area contributed by atoms with Crippen molar-refractivity contribution in [2.24, 2.45) is 0 Å². The topological polar surface area (TPSA) is 145 Å². The minimum atomic E-state index is -0.831. The van der Waals surface area contributed by atoms with Gasteiger partial charge in [-0.2, -0.15) is 0 Å². The van der Waals surface area contributed by atoms with Gasteiger partial charge < -0.3 is 21.5 Å². The molecule has 4 aromatic heterocycles. The largest absolute Gasteiger partial charge is 0.397 e. The van der Waals surface area contributed by atoms with Crippen LogP contribution in [0.15, 0.2) is 72.1 Å². The highest BCUT2D eigenvalue weighted by Gasteiger charge is 2.18. The first-order valence-corrected chi connectivity index (χ1v) is 12.5. The third kappa shape index (κ3) is 4.48. The average Bonchev–Trinajstić information content (AvgIpc) is 3.37. The molecule has 6 rings (SSSR count). The Kier molecular flexibility index (Phi) is 6.04. The molecule has 13 heteroatoms. The number of hydrogen-bond acceptors (Lipinski definition) is 10. The van der Waals surface area contributed by atoms with Gasteiger partial charge in [0, 0.05) is 4.90 Å². The van der Waals surface area contributed by atoms with Crippen molar-refractivity contribution in [1.29, 1.82) is 0 Å². The van der Waals surface area contributed by atoms with E-state index in [1.165, 1.54) is 12.4 Å². The number of rotatable bonds is 6. The second kappa shape index (κ2) is 9.68. The number of fused-ring (bicyclic) bond motifs is 2. The molecule has 0 aliphatic heterocycles. The molecule has 0 radical (unpaired) electrons. The first-order valence-electron chi connectivity index (χ1n) is 11.6. The zero-order chi connectivity index (χ0) is 27.1. The molecule has 0 aliphatic rings. The summed E-state index contributed by atoms with van der Waals surface area (Å²) in [4.78, 5) is 22.5. The van der Waals surface area contributed by atoms with Crippen LogP contribution in [0.3, 0.4) is 0 Å². The van der Waals surface area contributed by atoms with Crippen molar-refractivity contribution >= 4 is 62.7 Å². The van der Waals surface area contributed by atoms with Gasteiger partial charge in [-0.1, -0.05) is 6.07 Å². The van der Waals surface area contributed by atoms with Crippen LogP contribution < -0.4 is 21.5 Å². The van der Waals surface area contributed by atoms with Crippen LogP contribution in [0.5, 0.6) is 0 Å². The first-order chi connectivity index (χ1) is 18.9. The van der Waals surface area contributed by atoms with E-state index in [1.54, 1.807) is 48.1 Å². The molecule has 194 valence electrons. The molecule has 6 aromatic rings. The van der Waals surface area contributed by atoms with Crippen molar-refractivity contribution in [3.8, 4) is 5.82 Å². The second-order valence-electron chi connectivity index (χ2n) is 8.52. The summed E-state index contributed by atoms with van der Waals surface area (Å²) in [6.45, 7) is 1.79. The molecular weight excluding hydrogens is 522 g/mol. The number of para-hydroxylation sites is 1. The summed E-state index contributed by atoms with van der Waals surface area (Å²) < 4.78 is 35.0. The van der Waals surface area contributed by atoms with Crippen molar-refractivity contribution in [3.63, 3.8) is 0 Å². The molecule has 0 spiro atoms. The van der Waals surface area contributed by atoms with Crippen molar-refractivity contribution in [2.45, 2.75) is 11.8 Å². The van der Waals surface area contributed by atoms with Gasteiger partial charge in [0.05, 0.1) is 28.1 Å². The standard InChI is InChI=1S/C26H20F2N10S/c1-13-19(8-9-20(30)34-13)39-37-16-6-5-14(27)23(22(16)28)36-26-25-17(31-11-32-26)7-10-21(35-25)38-12-33-24-15(29)3-2-4-18(24)38/h2-12,37H,29H2,1H3,(H2,30,34)(H,31,32,36). The van der Waals surface area contributed by atoms with Gasteiger partial charge in [-0.3, -0.25) is 4.57 Å². The molecule has 0 unspecified atom stereocenters. The molecule has 10 nitrogen and oxygen atoms in total. The van der Waals surface area contributed by atoms with Crippen LogP contribution in [-0.2, 0) is 0 Å². The Balaban J connectivity index is 1.35. The van der Waals surface area contributed by atoms with Crippen molar-refractivity contribution in [2.75, 3.05) is 21.5 Å². The minimum Gasteiger partial charge on any atom is -0.397 e. The highest BCUT2D eigenvalue weighted by atomic mass is 32.2. The van der Waals surface area contributed by atoms with E-state index in [9.17, 15) is 4.39 Å². The fourth-order valence-corrected chi connectivity index (χ4v) is 4.76. The van der Waals surface area contributed by atoms with Gasteiger partial charge in [-0.25, -0.2) is 33.7 Å². The van der Waals surface area contributed by atoms with Crippen molar-refractivity contribution in [1.82, 2.24) is 29.5 Å². The molecule has 0 saturated carbocycles. The normalized spacial score (nSPS) is 11.3. The van der Waals surface area contributed by atoms with Crippen LogP contribution in [0.4, 0.5) is 37.5 Å². The number of aromatic nitrogens is 6. The van der Waals surface area contributed by atoms with Gasteiger partial charge in [0.2, 0.25) is 0 Å². The Hall–Kier alpha value is -5.04. The van der Waals surface area contributed by atoms with Crippen molar-refractivity contribution < 1.29 is 8.78 Å². The van der Waals surface area contributed by atoms with E-state index in [-0.39, 0.29) is 17.2 Å². The number of pyridine rings is 2. The number of nitrogens with zero attached hydrogens (tertiary/aromatic N) is 6. The minimum absolute atomic E-state index is 0.0645. The van der Waals surface area contributed by atoms with Gasteiger partial charge in [0.1, 0.15) is 46.8 Å². The number of halogens is 2.